The molecule has 10 heteroatoms. The number of nitrogens with zero attached hydrogens (tertiary/aromatic N) is 6. The van der Waals surface area contributed by atoms with E-state index in [0.717, 1.165) is 44.2 Å². The maximum atomic E-state index is 12.6. The molecule has 0 bridgehead atoms. The van der Waals surface area contributed by atoms with Gasteiger partial charge in [0.1, 0.15) is 5.82 Å². The molecule has 0 unspecified atom stereocenters. The Labute approximate surface area is 236 Å². The number of anilines is 3. The molecule has 4 fully saturated rings. The molecule has 6 rings (SSSR count). The van der Waals surface area contributed by atoms with E-state index in [4.69, 9.17) is 10.7 Å². The molecule has 1 aromatic carbocycles. The zero-order valence-corrected chi connectivity index (χ0v) is 23.8. The molecule has 3 saturated heterocycles. The van der Waals surface area contributed by atoms with Crippen molar-refractivity contribution in [1.29, 1.82) is 0 Å². The second-order valence-corrected chi connectivity index (χ2v) is 12.3. The van der Waals surface area contributed by atoms with E-state index in [1.165, 1.54) is 50.8 Å². The molecular formula is C30H42N8O2. The highest BCUT2D eigenvalue weighted by molar-refractivity contribution is 5.96. The Bertz CT molecular complexity index is 1240. The van der Waals surface area contributed by atoms with Gasteiger partial charge >= 0.3 is 6.03 Å². The molecular weight excluding hydrogens is 504 g/mol. The van der Waals surface area contributed by atoms with Crippen molar-refractivity contribution < 1.29 is 9.59 Å². The number of aromatic nitrogens is 2. The number of amides is 3. The second kappa shape index (κ2) is 10.9. The van der Waals surface area contributed by atoms with Crippen molar-refractivity contribution >= 4 is 29.3 Å². The molecule has 1 aliphatic carbocycles. The van der Waals surface area contributed by atoms with Crippen LogP contribution in [0.15, 0.2) is 30.5 Å². The van der Waals surface area contributed by atoms with Crippen molar-refractivity contribution in [3.63, 3.8) is 0 Å². The lowest BCUT2D eigenvalue weighted by atomic mass is 9.73. The van der Waals surface area contributed by atoms with Gasteiger partial charge in [-0.2, -0.15) is 0 Å². The van der Waals surface area contributed by atoms with Crippen LogP contribution in [-0.2, 0) is 5.41 Å². The van der Waals surface area contributed by atoms with E-state index >= 15 is 0 Å². The number of carbonyl (C=O) groups is 2. The zero-order chi connectivity index (χ0) is 27.9. The average molecular weight is 547 g/mol. The third-order valence-corrected chi connectivity index (χ3v) is 9.74. The number of likely N-dealkylation sites (tertiary alicyclic amines) is 1. The summed E-state index contributed by atoms with van der Waals surface area (Å²) in [6, 6.07) is 9.55. The number of hydrogen-bond acceptors (Lipinski definition) is 7. The molecule has 0 radical (unpaired) electrons. The number of hydrogen-bond donors (Lipinski definition) is 2. The molecule has 4 aliphatic rings. The average Bonchev–Trinajstić information content (AvgIpc) is 3.27. The monoisotopic (exact) mass is 546 g/mol. The molecule has 3 aliphatic heterocycles. The number of nitrogens with two attached hydrogens (primary N) is 1. The van der Waals surface area contributed by atoms with Crippen LogP contribution < -0.4 is 16.0 Å². The van der Waals surface area contributed by atoms with Crippen LogP contribution in [-0.4, -0.2) is 95.0 Å². The number of likely N-dealkylation sites (N-methyl/N-ethyl adjacent to an activating group) is 1. The van der Waals surface area contributed by atoms with E-state index < -0.39 is 5.91 Å². The van der Waals surface area contributed by atoms with Crippen LogP contribution in [0.25, 0.3) is 0 Å². The van der Waals surface area contributed by atoms with E-state index in [2.05, 4.69) is 51.3 Å². The Hall–Kier alpha value is -3.40. The first-order chi connectivity index (χ1) is 19.3. The highest BCUT2D eigenvalue weighted by Crippen LogP contribution is 2.38. The third-order valence-electron chi connectivity index (χ3n) is 9.74. The summed E-state index contributed by atoms with van der Waals surface area (Å²) in [4.78, 5) is 42.6. The molecule has 1 atom stereocenters. The number of piperidine rings is 2. The van der Waals surface area contributed by atoms with Crippen molar-refractivity contribution in [3.05, 3.63) is 41.7 Å². The molecule has 0 spiro atoms. The summed E-state index contributed by atoms with van der Waals surface area (Å²) in [5.74, 6) is 0.419. The molecule has 3 N–H and O–H groups in total. The first-order valence-electron chi connectivity index (χ1n) is 14.9. The largest absolute Gasteiger partial charge is 0.364 e. The highest BCUT2D eigenvalue weighted by Gasteiger charge is 2.36. The number of primary amides is 1. The van der Waals surface area contributed by atoms with Crippen molar-refractivity contribution in [2.24, 2.45) is 5.73 Å². The number of carbonyl (C=O) groups excluding carboxylic acids is 2. The molecule has 214 valence electrons. The molecule has 3 amide bonds. The van der Waals surface area contributed by atoms with Gasteiger partial charge in [0.2, 0.25) is 0 Å². The SMILES string of the molecule is CN1CCN([C@H]2CCCN(c3cnc(C(N)=O)c(Nc4ccc(C5(C)CCN(C6CCC6)CC5)cc4)n3)C2)C1=O. The van der Waals surface area contributed by atoms with Crippen LogP contribution in [0, 0.1) is 0 Å². The van der Waals surface area contributed by atoms with Gasteiger partial charge in [-0.15, -0.1) is 0 Å². The summed E-state index contributed by atoms with van der Waals surface area (Å²) in [6.07, 6.45) is 10.00. The van der Waals surface area contributed by atoms with Crippen molar-refractivity contribution in [2.75, 3.05) is 56.5 Å². The summed E-state index contributed by atoms with van der Waals surface area (Å²) >= 11 is 0. The molecule has 1 saturated carbocycles. The molecule has 1 aromatic heterocycles. The van der Waals surface area contributed by atoms with E-state index in [-0.39, 0.29) is 23.2 Å². The molecule has 4 heterocycles. The first kappa shape index (κ1) is 26.8. The predicted molar refractivity (Wildman–Crippen MR) is 156 cm³/mol. The maximum absolute atomic E-state index is 12.6. The predicted octanol–water partition coefficient (Wildman–Crippen LogP) is 3.56. The number of nitrogens with one attached hydrogen (secondary N) is 1. The van der Waals surface area contributed by atoms with Crippen LogP contribution >= 0.6 is 0 Å². The van der Waals surface area contributed by atoms with Crippen LogP contribution in [0.2, 0.25) is 0 Å². The van der Waals surface area contributed by atoms with Gasteiger partial charge in [-0.1, -0.05) is 25.5 Å². The van der Waals surface area contributed by atoms with Gasteiger partial charge in [-0.25, -0.2) is 14.8 Å². The van der Waals surface area contributed by atoms with Crippen molar-refractivity contribution in [2.45, 2.75) is 69.4 Å². The first-order valence-corrected chi connectivity index (χ1v) is 14.9. The van der Waals surface area contributed by atoms with Crippen LogP contribution in [0.3, 0.4) is 0 Å². The Morgan fingerprint density at radius 2 is 1.73 bits per heavy atom. The topological polar surface area (TPSA) is 111 Å². The maximum Gasteiger partial charge on any atom is 0.320 e. The fourth-order valence-electron chi connectivity index (χ4n) is 6.74. The van der Waals surface area contributed by atoms with Gasteiger partial charge in [-0.3, -0.25) is 4.79 Å². The van der Waals surface area contributed by atoms with Gasteiger partial charge in [0, 0.05) is 45.0 Å². The zero-order valence-electron chi connectivity index (χ0n) is 23.8. The van der Waals surface area contributed by atoms with Crippen molar-refractivity contribution in [1.82, 2.24) is 24.7 Å². The smallest absolute Gasteiger partial charge is 0.320 e. The lowest BCUT2D eigenvalue weighted by molar-refractivity contribution is 0.0773. The molecule has 40 heavy (non-hydrogen) atoms. The van der Waals surface area contributed by atoms with E-state index in [9.17, 15) is 9.59 Å². The molecule has 10 nitrogen and oxygen atoms in total. The minimum Gasteiger partial charge on any atom is -0.364 e. The third kappa shape index (κ3) is 5.21. The van der Waals surface area contributed by atoms with Gasteiger partial charge in [0.25, 0.3) is 5.91 Å². The lowest BCUT2D eigenvalue weighted by Gasteiger charge is -2.45. The Balaban J connectivity index is 1.15. The summed E-state index contributed by atoms with van der Waals surface area (Å²) < 4.78 is 0. The fraction of sp³-hybridized carbons (Fsp3) is 0.600. The summed E-state index contributed by atoms with van der Waals surface area (Å²) in [6.45, 7) is 7.75. The van der Waals surface area contributed by atoms with Crippen molar-refractivity contribution in [3.8, 4) is 0 Å². The Kier molecular flexibility index (Phi) is 7.29. The molecule has 2 aromatic rings. The number of urea groups is 1. The normalized spacial score (nSPS) is 23.8. The van der Waals surface area contributed by atoms with Gasteiger partial charge in [-0.05, 0) is 74.7 Å². The van der Waals surface area contributed by atoms with Crippen LogP contribution in [0.1, 0.15) is 67.9 Å². The number of benzene rings is 1. The fourth-order valence-corrected chi connectivity index (χ4v) is 6.74. The highest BCUT2D eigenvalue weighted by atomic mass is 16.2. The minimum absolute atomic E-state index is 0.0885. The number of rotatable bonds is 7. The summed E-state index contributed by atoms with van der Waals surface area (Å²) in [7, 11) is 1.85. The Morgan fingerprint density at radius 3 is 2.35 bits per heavy atom. The van der Waals surface area contributed by atoms with E-state index in [0.29, 0.717) is 18.2 Å². The van der Waals surface area contributed by atoms with Gasteiger partial charge < -0.3 is 30.7 Å². The standard InChI is InChI=1S/C30H42N8O2/c1-30(12-15-36(16-13-30)23-5-3-6-23)21-8-10-22(11-9-21)33-28-26(27(31)39)32-19-25(34-28)37-14-4-7-24(20-37)38-18-17-35(2)29(38)40/h8-11,19,23-24H,3-7,12-18,20H2,1-2H3,(H2,31,39)(H,33,34)/t24-/m0/s1. The quantitative estimate of drug-likeness (QED) is 0.546. The van der Waals surface area contributed by atoms with E-state index in [1.54, 1.807) is 11.1 Å². The van der Waals surface area contributed by atoms with E-state index in [1.807, 2.05) is 11.9 Å². The lowest BCUT2D eigenvalue weighted by Crippen LogP contribution is -2.49. The second-order valence-electron chi connectivity index (χ2n) is 12.3. The Morgan fingerprint density at radius 1 is 1.00 bits per heavy atom. The minimum atomic E-state index is -0.619. The van der Waals surface area contributed by atoms with Gasteiger partial charge in [0.05, 0.1) is 12.2 Å². The summed E-state index contributed by atoms with van der Waals surface area (Å²) in [5.41, 5.74) is 8.15. The van der Waals surface area contributed by atoms with Gasteiger partial charge in [0.15, 0.2) is 11.5 Å². The van der Waals surface area contributed by atoms with Crippen LogP contribution in [0.5, 0.6) is 0 Å². The van der Waals surface area contributed by atoms with Crippen LogP contribution in [0.4, 0.5) is 22.1 Å². The summed E-state index contributed by atoms with van der Waals surface area (Å²) in [5, 5.41) is 3.31.